The molecule has 0 radical (unpaired) electrons. The van der Waals surface area contributed by atoms with Crippen LogP contribution >= 0.6 is 11.3 Å². The number of sulfonamides is 1. The molecule has 1 saturated heterocycles. The Kier molecular flexibility index (Phi) is 5.58. The third-order valence-corrected chi connectivity index (χ3v) is 7.79. The summed E-state index contributed by atoms with van der Waals surface area (Å²) in [7, 11) is -4.40. The molecule has 0 spiro atoms. The lowest BCUT2D eigenvalue weighted by Gasteiger charge is -2.27. The first-order chi connectivity index (χ1) is 13.9. The Balaban J connectivity index is 1.74. The Morgan fingerprint density at radius 2 is 1.86 bits per heavy atom. The number of anilines is 1. The molecule has 10 heteroatoms. The van der Waals surface area contributed by atoms with E-state index in [9.17, 15) is 22.0 Å². The van der Waals surface area contributed by atoms with Crippen LogP contribution in [0.1, 0.15) is 33.6 Å². The fraction of sp³-hybridized carbons (Fsp3) is 0.421. The molecular formula is C19H20F2N2O4S2. The average molecular weight is 443 g/mol. The molecule has 0 atom stereocenters. The number of nitrogens with one attached hydrogen (secondary N) is 1. The summed E-state index contributed by atoms with van der Waals surface area (Å²) in [6.45, 7) is 1.70. The number of morpholine rings is 1. The highest BCUT2D eigenvalue weighted by atomic mass is 32.2. The van der Waals surface area contributed by atoms with Crippen LogP contribution in [0.5, 0.6) is 0 Å². The van der Waals surface area contributed by atoms with E-state index < -0.39 is 26.6 Å². The summed E-state index contributed by atoms with van der Waals surface area (Å²) in [5, 5.41) is 0.164. The number of thiophene rings is 1. The van der Waals surface area contributed by atoms with Crippen LogP contribution in [0.2, 0.25) is 0 Å². The van der Waals surface area contributed by atoms with Gasteiger partial charge in [-0.3, -0.25) is 9.52 Å². The van der Waals surface area contributed by atoms with Crippen molar-refractivity contribution in [2.24, 2.45) is 0 Å². The van der Waals surface area contributed by atoms with E-state index in [1.807, 2.05) is 0 Å². The van der Waals surface area contributed by atoms with Gasteiger partial charge in [0.1, 0.15) is 21.5 Å². The molecule has 6 nitrogen and oxygen atoms in total. The van der Waals surface area contributed by atoms with Gasteiger partial charge >= 0.3 is 0 Å². The molecule has 1 amide bonds. The molecule has 1 N–H and O–H groups in total. The minimum Gasteiger partial charge on any atom is -0.378 e. The van der Waals surface area contributed by atoms with Crippen molar-refractivity contribution in [2.75, 3.05) is 31.0 Å². The number of amides is 1. The van der Waals surface area contributed by atoms with E-state index in [0.29, 0.717) is 44.4 Å². The number of benzene rings is 1. The van der Waals surface area contributed by atoms with Gasteiger partial charge in [-0.25, -0.2) is 17.2 Å². The first kappa shape index (κ1) is 20.2. The molecule has 2 aliphatic rings. The molecule has 1 aromatic heterocycles. The molecule has 0 saturated carbocycles. The van der Waals surface area contributed by atoms with Crippen LogP contribution in [0.25, 0.3) is 0 Å². The fourth-order valence-electron chi connectivity index (χ4n) is 3.65. The summed E-state index contributed by atoms with van der Waals surface area (Å²) in [5.74, 6) is -2.17. The molecule has 1 aromatic carbocycles. The second kappa shape index (κ2) is 8.00. The highest BCUT2D eigenvalue weighted by Crippen LogP contribution is 2.40. The largest absolute Gasteiger partial charge is 0.378 e. The van der Waals surface area contributed by atoms with Gasteiger partial charge in [-0.05, 0) is 49.4 Å². The smallest absolute Gasteiger partial charge is 0.265 e. The number of carbonyl (C=O) groups is 1. The highest BCUT2D eigenvalue weighted by Gasteiger charge is 2.32. The molecule has 2 aromatic rings. The Hall–Kier alpha value is -2.04. The standard InChI is InChI=1S/C19H20F2N2O4S2/c20-12-5-6-14(21)16(11-12)29(25,26)22-18-17(13-3-1-2-4-15(13)28-18)19(24)23-7-9-27-10-8-23/h5-6,11,22H,1-4,7-10H2. The normalized spacial score (nSPS) is 17.1. The van der Waals surface area contributed by atoms with Gasteiger partial charge in [-0.15, -0.1) is 11.3 Å². The second-order valence-electron chi connectivity index (χ2n) is 7.00. The summed E-state index contributed by atoms with van der Waals surface area (Å²) in [4.78, 5) is 15.0. The van der Waals surface area contributed by atoms with Crippen molar-refractivity contribution >= 4 is 32.3 Å². The van der Waals surface area contributed by atoms with Crippen LogP contribution < -0.4 is 4.72 Å². The molecule has 1 fully saturated rings. The van der Waals surface area contributed by atoms with Crippen LogP contribution in [0, 0.1) is 11.6 Å². The summed E-state index contributed by atoms with van der Waals surface area (Å²) in [5.41, 5.74) is 1.18. The highest BCUT2D eigenvalue weighted by molar-refractivity contribution is 7.93. The van der Waals surface area contributed by atoms with Crippen molar-refractivity contribution in [1.29, 1.82) is 0 Å². The summed E-state index contributed by atoms with van der Waals surface area (Å²) < 4.78 is 60.8. The summed E-state index contributed by atoms with van der Waals surface area (Å²) in [6.07, 6.45) is 3.33. The van der Waals surface area contributed by atoms with Gasteiger partial charge in [0, 0.05) is 18.0 Å². The van der Waals surface area contributed by atoms with E-state index in [1.54, 1.807) is 4.90 Å². The number of ether oxygens (including phenoxy) is 1. The lowest BCUT2D eigenvalue weighted by Crippen LogP contribution is -2.41. The Morgan fingerprint density at radius 3 is 2.62 bits per heavy atom. The molecule has 29 heavy (non-hydrogen) atoms. The summed E-state index contributed by atoms with van der Waals surface area (Å²) in [6, 6.07) is 2.25. The van der Waals surface area contributed by atoms with E-state index in [-0.39, 0.29) is 10.9 Å². The molecule has 2 heterocycles. The van der Waals surface area contributed by atoms with E-state index in [2.05, 4.69) is 4.72 Å². The molecule has 1 aliphatic heterocycles. The van der Waals surface area contributed by atoms with Crippen molar-refractivity contribution < 1.29 is 26.7 Å². The molecule has 156 valence electrons. The second-order valence-corrected chi connectivity index (χ2v) is 9.76. The van der Waals surface area contributed by atoms with E-state index in [1.165, 1.54) is 11.3 Å². The maximum atomic E-state index is 14.1. The lowest BCUT2D eigenvalue weighted by atomic mass is 9.95. The average Bonchev–Trinajstić information content (AvgIpc) is 3.06. The Morgan fingerprint density at radius 1 is 1.14 bits per heavy atom. The monoisotopic (exact) mass is 442 g/mol. The Labute approximate surface area is 171 Å². The number of nitrogens with zero attached hydrogens (tertiary/aromatic N) is 1. The van der Waals surface area contributed by atoms with Gasteiger partial charge in [0.05, 0.1) is 18.8 Å². The van der Waals surface area contributed by atoms with Crippen molar-refractivity contribution in [1.82, 2.24) is 4.90 Å². The van der Waals surface area contributed by atoms with E-state index >= 15 is 0 Å². The topological polar surface area (TPSA) is 75.7 Å². The Bertz CT molecular complexity index is 1050. The minimum atomic E-state index is -4.40. The van der Waals surface area contributed by atoms with Gasteiger partial charge in [0.2, 0.25) is 0 Å². The molecular weight excluding hydrogens is 422 g/mol. The zero-order chi connectivity index (χ0) is 20.6. The van der Waals surface area contributed by atoms with Gasteiger partial charge in [0.15, 0.2) is 0 Å². The number of carbonyl (C=O) groups excluding carboxylic acids is 1. The predicted molar refractivity (Wildman–Crippen MR) is 105 cm³/mol. The van der Waals surface area contributed by atoms with Crippen molar-refractivity contribution in [3.05, 3.63) is 45.8 Å². The third-order valence-electron chi connectivity index (χ3n) is 5.09. The predicted octanol–water partition coefficient (Wildman–Crippen LogP) is 3.18. The van der Waals surface area contributed by atoms with Crippen molar-refractivity contribution in [3.8, 4) is 0 Å². The first-order valence-electron chi connectivity index (χ1n) is 9.36. The van der Waals surface area contributed by atoms with Crippen molar-refractivity contribution in [3.63, 3.8) is 0 Å². The van der Waals surface area contributed by atoms with E-state index in [4.69, 9.17) is 4.74 Å². The van der Waals surface area contributed by atoms with Crippen LogP contribution in [-0.4, -0.2) is 45.5 Å². The molecule has 1 aliphatic carbocycles. The van der Waals surface area contributed by atoms with Gasteiger partial charge in [-0.1, -0.05) is 0 Å². The number of halogens is 2. The quantitative estimate of drug-likeness (QED) is 0.789. The van der Waals surface area contributed by atoms with Gasteiger partial charge in [-0.2, -0.15) is 0 Å². The van der Waals surface area contributed by atoms with Crippen molar-refractivity contribution in [2.45, 2.75) is 30.6 Å². The zero-order valence-electron chi connectivity index (χ0n) is 15.5. The number of hydrogen-bond acceptors (Lipinski definition) is 5. The van der Waals surface area contributed by atoms with E-state index in [0.717, 1.165) is 41.8 Å². The molecule has 0 bridgehead atoms. The maximum absolute atomic E-state index is 14.1. The van der Waals surface area contributed by atoms with Crippen LogP contribution in [-0.2, 0) is 27.6 Å². The SMILES string of the molecule is O=C(c1c(NS(=O)(=O)c2cc(F)ccc2F)sc2c1CCCC2)N1CCOCC1. The van der Waals surface area contributed by atoms with Crippen LogP contribution in [0.3, 0.4) is 0 Å². The number of fused-ring (bicyclic) bond motifs is 1. The van der Waals surface area contributed by atoms with Gasteiger partial charge in [0.25, 0.3) is 15.9 Å². The van der Waals surface area contributed by atoms with Crippen LogP contribution in [0.15, 0.2) is 23.1 Å². The number of hydrogen-bond donors (Lipinski definition) is 1. The molecule has 4 rings (SSSR count). The fourth-order valence-corrected chi connectivity index (χ4v) is 6.33. The zero-order valence-corrected chi connectivity index (χ0v) is 17.2. The third kappa shape index (κ3) is 4.01. The summed E-state index contributed by atoms with van der Waals surface area (Å²) >= 11 is 1.20. The first-order valence-corrected chi connectivity index (χ1v) is 11.7. The van der Waals surface area contributed by atoms with Gasteiger partial charge < -0.3 is 9.64 Å². The molecule has 0 unspecified atom stereocenters. The number of aryl methyl sites for hydroxylation is 1. The number of rotatable bonds is 4. The van der Waals surface area contributed by atoms with Crippen LogP contribution in [0.4, 0.5) is 13.8 Å². The lowest BCUT2D eigenvalue weighted by molar-refractivity contribution is 0.0303. The minimum absolute atomic E-state index is 0.164. The maximum Gasteiger partial charge on any atom is 0.265 e.